The van der Waals surface area contributed by atoms with Gasteiger partial charge in [-0.05, 0) is 12.8 Å². The Bertz CT molecular complexity index is 159. The molecular formula is C10H19NO3. The van der Waals surface area contributed by atoms with Gasteiger partial charge in [-0.15, -0.1) is 0 Å². The number of amides is 1. The number of hydrogen-bond acceptors (Lipinski definition) is 3. The first-order chi connectivity index (χ1) is 6.81. The minimum absolute atomic E-state index is 0.245. The van der Waals surface area contributed by atoms with Gasteiger partial charge in [0, 0.05) is 13.2 Å². The van der Waals surface area contributed by atoms with E-state index in [0.29, 0.717) is 6.54 Å². The average molecular weight is 201 g/mol. The quantitative estimate of drug-likeness (QED) is 0.461. The Morgan fingerprint density at radius 3 is 2.71 bits per heavy atom. The van der Waals surface area contributed by atoms with E-state index in [1.165, 1.54) is 6.08 Å². The van der Waals surface area contributed by atoms with Crippen LogP contribution in [-0.4, -0.2) is 31.0 Å². The molecule has 0 bridgehead atoms. The van der Waals surface area contributed by atoms with Crippen LogP contribution in [0.2, 0.25) is 0 Å². The van der Waals surface area contributed by atoms with Crippen molar-refractivity contribution in [3.63, 3.8) is 0 Å². The molecule has 0 heterocycles. The number of rotatable bonds is 8. The summed E-state index contributed by atoms with van der Waals surface area (Å²) in [5.41, 5.74) is 0. The first-order valence-electron chi connectivity index (χ1n) is 4.93. The number of nitrogens with one attached hydrogen (secondary N) is 1. The van der Waals surface area contributed by atoms with E-state index in [4.69, 9.17) is 9.84 Å². The molecule has 0 spiro atoms. The zero-order valence-corrected chi connectivity index (χ0v) is 8.50. The van der Waals surface area contributed by atoms with Crippen molar-refractivity contribution in [1.29, 1.82) is 0 Å². The van der Waals surface area contributed by atoms with Crippen LogP contribution in [0.5, 0.6) is 0 Å². The van der Waals surface area contributed by atoms with E-state index in [1.54, 1.807) is 0 Å². The largest absolute Gasteiger partial charge is 0.445 e. The van der Waals surface area contributed by atoms with E-state index in [2.05, 4.69) is 11.9 Å². The number of alkyl carbamates (subject to hydrolysis) is 1. The lowest BCUT2D eigenvalue weighted by molar-refractivity contribution is 0.158. The van der Waals surface area contributed by atoms with Gasteiger partial charge in [-0.25, -0.2) is 4.79 Å². The fraction of sp³-hybridized carbons (Fsp3) is 0.700. The minimum atomic E-state index is -0.396. The molecule has 0 unspecified atom stereocenters. The van der Waals surface area contributed by atoms with E-state index in [-0.39, 0.29) is 13.2 Å². The molecule has 1 amide bonds. The van der Waals surface area contributed by atoms with Crippen molar-refractivity contribution in [2.45, 2.75) is 25.7 Å². The molecule has 0 aliphatic rings. The van der Waals surface area contributed by atoms with Gasteiger partial charge in [0.25, 0.3) is 0 Å². The molecule has 0 atom stereocenters. The molecule has 0 aliphatic carbocycles. The van der Waals surface area contributed by atoms with E-state index >= 15 is 0 Å². The second-order valence-electron chi connectivity index (χ2n) is 2.95. The van der Waals surface area contributed by atoms with Crippen LogP contribution in [0.1, 0.15) is 25.7 Å². The summed E-state index contributed by atoms with van der Waals surface area (Å²) in [5, 5.41) is 11.1. The highest BCUT2D eigenvalue weighted by atomic mass is 16.5. The molecule has 14 heavy (non-hydrogen) atoms. The Hall–Kier alpha value is -1.03. The van der Waals surface area contributed by atoms with Crippen LogP contribution in [0.25, 0.3) is 0 Å². The van der Waals surface area contributed by atoms with Crippen molar-refractivity contribution in [3.05, 3.63) is 12.7 Å². The highest BCUT2D eigenvalue weighted by molar-refractivity contribution is 5.67. The van der Waals surface area contributed by atoms with Gasteiger partial charge in [0.2, 0.25) is 0 Å². The molecule has 0 rings (SSSR count). The van der Waals surface area contributed by atoms with Crippen LogP contribution >= 0.6 is 0 Å². The molecule has 0 aromatic carbocycles. The monoisotopic (exact) mass is 201 g/mol. The number of aliphatic hydroxyl groups is 1. The van der Waals surface area contributed by atoms with Crippen LogP contribution in [0.4, 0.5) is 4.79 Å². The first-order valence-corrected chi connectivity index (χ1v) is 4.93. The molecule has 0 radical (unpaired) electrons. The van der Waals surface area contributed by atoms with Gasteiger partial charge in [0.1, 0.15) is 6.61 Å². The van der Waals surface area contributed by atoms with E-state index < -0.39 is 6.09 Å². The molecule has 4 nitrogen and oxygen atoms in total. The van der Waals surface area contributed by atoms with Gasteiger partial charge in [0.05, 0.1) is 0 Å². The second-order valence-corrected chi connectivity index (χ2v) is 2.95. The number of carbonyl (C=O) groups is 1. The Morgan fingerprint density at radius 1 is 1.36 bits per heavy atom. The second kappa shape index (κ2) is 10.1. The van der Waals surface area contributed by atoms with E-state index in [9.17, 15) is 4.79 Å². The van der Waals surface area contributed by atoms with Crippen LogP contribution in [-0.2, 0) is 4.74 Å². The van der Waals surface area contributed by atoms with Gasteiger partial charge in [-0.1, -0.05) is 25.5 Å². The molecule has 0 fully saturated rings. The molecule has 0 aromatic heterocycles. The molecule has 82 valence electrons. The lowest BCUT2D eigenvalue weighted by Gasteiger charge is -2.04. The van der Waals surface area contributed by atoms with Crippen molar-refractivity contribution in [1.82, 2.24) is 5.32 Å². The van der Waals surface area contributed by atoms with Crippen LogP contribution < -0.4 is 5.32 Å². The molecular weight excluding hydrogens is 182 g/mol. The van der Waals surface area contributed by atoms with Gasteiger partial charge in [-0.2, -0.15) is 0 Å². The summed E-state index contributed by atoms with van der Waals surface area (Å²) < 4.78 is 4.71. The number of unbranched alkanes of at least 4 members (excludes halogenated alkanes) is 3. The van der Waals surface area contributed by atoms with Crippen molar-refractivity contribution < 1.29 is 14.6 Å². The van der Waals surface area contributed by atoms with Crippen LogP contribution in [0.3, 0.4) is 0 Å². The SMILES string of the molecule is C=CCOC(=O)NCCCCCCO. The van der Waals surface area contributed by atoms with Gasteiger partial charge < -0.3 is 15.2 Å². The summed E-state index contributed by atoms with van der Waals surface area (Å²) in [5.74, 6) is 0. The van der Waals surface area contributed by atoms with Crippen LogP contribution in [0, 0.1) is 0 Å². The Kier molecular flexibility index (Phi) is 9.31. The highest BCUT2D eigenvalue weighted by Gasteiger charge is 1.97. The summed E-state index contributed by atoms with van der Waals surface area (Å²) in [4.78, 5) is 10.9. The van der Waals surface area contributed by atoms with E-state index in [0.717, 1.165) is 25.7 Å². The van der Waals surface area contributed by atoms with Gasteiger partial charge >= 0.3 is 6.09 Å². The maximum atomic E-state index is 10.9. The standard InChI is InChI=1S/C10H19NO3/c1-2-9-14-10(13)11-7-5-3-4-6-8-12/h2,12H,1,3-9H2,(H,11,13). The Labute approximate surface area is 85.0 Å². The van der Waals surface area contributed by atoms with Crippen molar-refractivity contribution in [2.24, 2.45) is 0 Å². The van der Waals surface area contributed by atoms with Crippen molar-refractivity contribution >= 4 is 6.09 Å². The normalized spacial score (nSPS) is 9.50. The summed E-state index contributed by atoms with van der Waals surface area (Å²) in [6, 6.07) is 0. The summed E-state index contributed by atoms with van der Waals surface area (Å²) in [6.07, 6.45) is 4.90. The number of ether oxygens (including phenoxy) is 1. The fourth-order valence-electron chi connectivity index (χ4n) is 0.966. The summed E-state index contributed by atoms with van der Waals surface area (Å²) in [7, 11) is 0. The zero-order valence-electron chi connectivity index (χ0n) is 8.50. The fourth-order valence-corrected chi connectivity index (χ4v) is 0.966. The predicted molar refractivity (Wildman–Crippen MR) is 55.1 cm³/mol. The Balaban J connectivity index is 3.10. The van der Waals surface area contributed by atoms with Crippen LogP contribution in [0.15, 0.2) is 12.7 Å². The lowest BCUT2D eigenvalue weighted by Crippen LogP contribution is -2.25. The smallest absolute Gasteiger partial charge is 0.407 e. The average Bonchev–Trinajstić information content (AvgIpc) is 2.20. The maximum Gasteiger partial charge on any atom is 0.407 e. The predicted octanol–water partition coefficient (Wildman–Crippen LogP) is 1.45. The third-order valence-electron chi connectivity index (χ3n) is 1.69. The lowest BCUT2D eigenvalue weighted by atomic mass is 10.2. The third-order valence-corrected chi connectivity index (χ3v) is 1.69. The summed E-state index contributed by atoms with van der Waals surface area (Å²) >= 11 is 0. The summed E-state index contributed by atoms with van der Waals surface area (Å²) in [6.45, 7) is 4.55. The molecule has 0 aliphatic heterocycles. The van der Waals surface area contributed by atoms with E-state index in [1.807, 2.05) is 0 Å². The zero-order chi connectivity index (χ0) is 10.6. The first kappa shape index (κ1) is 13.0. The van der Waals surface area contributed by atoms with Crippen molar-refractivity contribution in [3.8, 4) is 0 Å². The third kappa shape index (κ3) is 9.06. The topological polar surface area (TPSA) is 58.6 Å². The van der Waals surface area contributed by atoms with Crippen molar-refractivity contribution in [2.75, 3.05) is 19.8 Å². The number of aliphatic hydroxyl groups excluding tert-OH is 1. The molecule has 4 heteroatoms. The molecule has 0 saturated carbocycles. The molecule has 0 saturated heterocycles. The van der Waals surface area contributed by atoms with Gasteiger partial charge in [0.15, 0.2) is 0 Å². The maximum absolute atomic E-state index is 10.9. The van der Waals surface area contributed by atoms with Gasteiger partial charge in [-0.3, -0.25) is 0 Å². The minimum Gasteiger partial charge on any atom is -0.445 e. The number of hydrogen-bond donors (Lipinski definition) is 2. The number of carbonyl (C=O) groups excluding carboxylic acids is 1. The Morgan fingerprint density at radius 2 is 2.07 bits per heavy atom. The molecule has 0 aromatic rings. The molecule has 2 N–H and O–H groups in total. The highest BCUT2D eigenvalue weighted by Crippen LogP contribution is 1.97.